The summed E-state index contributed by atoms with van der Waals surface area (Å²) in [5, 5.41) is 11.1. The van der Waals surface area contributed by atoms with Crippen molar-refractivity contribution in [2.45, 2.75) is 119 Å². The van der Waals surface area contributed by atoms with Gasteiger partial charge >= 0.3 is 5.97 Å². The first-order valence-electron chi connectivity index (χ1n) is 14.7. The molecule has 6 fully saturated rings. The second-order valence-electron chi connectivity index (χ2n) is 15.4. The van der Waals surface area contributed by atoms with Gasteiger partial charge in [-0.05, 0) is 121 Å². The van der Waals surface area contributed by atoms with Crippen LogP contribution in [0, 0.1) is 68.5 Å². The molecule has 0 aromatic carbocycles. The Morgan fingerprint density at radius 2 is 1.39 bits per heavy atom. The van der Waals surface area contributed by atoms with Crippen molar-refractivity contribution >= 4 is 5.97 Å². The van der Waals surface area contributed by atoms with Gasteiger partial charge in [-0.25, -0.2) is 0 Å². The second kappa shape index (κ2) is 6.82. The predicted molar refractivity (Wildman–Crippen MR) is 134 cm³/mol. The van der Waals surface area contributed by atoms with Crippen LogP contribution in [-0.2, 0) is 4.79 Å². The Balaban J connectivity index is 1.50. The van der Waals surface area contributed by atoms with Crippen molar-refractivity contribution in [3.05, 3.63) is 0 Å². The molecule has 6 rings (SSSR count). The number of fused-ring (bicyclic) bond motifs is 7. The van der Waals surface area contributed by atoms with E-state index < -0.39 is 11.4 Å². The van der Waals surface area contributed by atoms with E-state index in [9.17, 15) is 9.90 Å². The van der Waals surface area contributed by atoms with Crippen molar-refractivity contribution in [2.24, 2.45) is 68.5 Å². The van der Waals surface area contributed by atoms with E-state index in [1.54, 1.807) is 0 Å². The topological polar surface area (TPSA) is 37.3 Å². The number of rotatable bonds is 2. The molecule has 6 aliphatic carbocycles. The molecule has 0 bridgehead atoms. The molecule has 6 aliphatic rings. The van der Waals surface area contributed by atoms with Crippen molar-refractivity contribution in [3.63, 3.8) is 0 Å². The zero-order chi connectivity index (χ0) is 23.6. The van der Waals surface area contributed by atoms with Gasteiger partial charge in [0, 0.05) is 0 Å². The Morgan fingerprint density at radius 3 is 2.06 bits per heavy atom. The van der Waals surface area contributed by atoms with Gasteiger partial charge in [0.25, 0.3) is 0 Å². The summed E-state index contributed by atoms with van der Waals surface area (Å²) in [4.78, 5) is 13.5. The second-order valence-corrected chi connectivity index (χ2v) is 15.4. The van der Waals surface area contributed by atoms with E-state index >= 15 is 0 Å². The number of carboxylic acids is 1. The largest absolute Gasteiger partial charge is 0.481 e. The van der Waals surface area contributed by atoms with E-state index in [1.165, 1.54) is 64.2 Å². The Morgan fingerprint density at radius 1 is 0.727 bits per heavy atom. The lowest BCUT2D eigenvalue weighted by Gasteiger charge is -2.73. The average Bonchev–Trinajstić information content (AvgIpc) is 3.41. The molecule has 9 unspecified atom stereocenters. The summed E-state index contributed by atoms with van der Waals surface area (Å²) < 4.78 is 0. The molecule has 0 spiro atoms. The monoisotopic (exact) mass is 454 g/mol. The van der Waals surface area contributed by atoms with E-state index in [-0.39, 0.29) is 16.2 Å². The molecule has 0 saturated heterocycles. The van der Waals surface area contributed by atoms with Gasteiger partial charge in [-0.3, -0.25) is 4.79 Å². The summed E-state index contributed by atoms with van der Waals surface area (Å²) in [6.45, 7) is 14.8. The zero-order valence-corrected chi connectivity index (χ0v) is 22.4. The van der Waals surface area contributed by atoms with Gasteiger partial charge in [0.1, 0.15) is 0 Å². The fraction of sp³-hybridized carbons (Fsp3) is 0.968. The van der Waals surface area contributed by atoms with E-state index in [0.29, 0.717) is 23.2 Å². The Labute approximate surface area is 203 Å². The van der Waals surface area contributed by atoms with Crippen LogP contribution in [0.1, 0.15) is 119 Å². The van der Waals surface area contributed by atoms with Crippen LogP contribution in [0.4, 0.5) is 0 Å². The molecule has 9 atom stereocenters. The first kappa shape index (κ1) is 22.9. The van der Waals surface area contributed by atoms with E-state index in [2.05, 4.69) is 41.5 Å². The fourth-order valence-electron chi connectivity index (χ4n) is 12.5. The summed E-state index contributed by atoms with van der Waals surface area (Å²) in [5.74, 6) is 5.11. The SMILES string of the molecule is CC1(C2CCC3(C(=O)O)C2(C)C2CCC4C5CCCCC5CCC4C2C(C)(C)C3(C)C)CC1. The van der Waals surface area contributed by atoms with Crippen LogP contribution in [0.15, 0.2) is 0 Å². The Kier molecular flexibility index (Phi) is 4.73. The predicted octanol–water partition coefficient (Wildman–Crippen LogP) is 8.20. The van der Waals surface area contributed by atoms with E-state index in [4.69, 9.17) is 0 Å². The normalized spacial score (nSPS) is 53.2. The Hall–Kier alpha value is -0.530. The van der Waals surface area contributed by atoms with Gasteiger partial charge in [0.2, 0.25) is 0 Å². The fourth-order valence-corrected chi connectivity index (χ4v) is 12.5. The minimum absolute atomic E-state index is 0.0553. The third-order valence-corrected chi connectivity index (χ3v) is 14.6. The van der Waals surface area contributed by atoms with E-state index in [1.807, 2.05) is 0 Å². The third kappa shape index (κ3) is 2.50. The van der Waals surface area contributed by atoms with Gasteiger partial charge in [0.15, 0.2) is 0 Å². The first-order valence-corrected chi connectivity index (χ1v) is 14.7. The summed E-state index contributed by atoms with van der Waals surface area (Å²) in [7, 11) is 0. The number of aliphatic carboxylic acids is 1. The van der Waals surface area contributed by atoms with Crippen LogP contribution in [0.2, 0.25) is 0 Å². The average molecular weight is 455 g/mol. The minimum Gasteiger partial charge on any atom is -0.481 e. The lowest BCUT2D eigenvalue weighted by atomic mass is 9.30. The van der Waals surface area contributed by atoms with Gasteiger partial charge in [-0.2, -0.15) is 0 Å². The number of carboxylic acid groups (broad SMARTS) is 1. The van der Waals surface area contributed by atoms with Crippen LogP contribution in [-0.4, -0.2) is 11.1 Å². The van der Waals surface area contributed by atoms with Crippen LogP contribution >= 0.6 is 0 Å². The van der Waals surface area contributed by atoms with Crippen molar-refractivity contribution in [1.29, 1.82) is 0 Å². The van der Waals surface area contributed by atoms with Crippen LogP contribution in [0.5, 0.6) is 0 Å². The molecule has 0 aromatic heterocycles. The van der Waals surface area contributed by atoms with Crippen molar-refractivity contribution in [3.8, 4) is 0 Å². The zero-order valence-electron chi connectivity index (χ0n) is 22.4. The first-order chi connectivity index (χ1) is 15.4. The lowest BCUT2D eigenvalue weighted by Crippen LogP contribution is -2.71. The molecule has 0 amide bonds. The maximum Gasteiger partial charge on any atom is 0.310 e. The molecule has 186 valence electrons. The molecule has 0 radical (unpaired) electrons. The summed E-state index contributed by atoms with van der Waals surface area (Å²) in [6, 6.07) is 0. The molecule has 1 N–H and O–H groups in total. The molecule has 2 nitrogen and oxygen atoms in total. The highest BCUT2D eigenvalue weighted by Crippen LogP contribution is 2.83. The lowest BCUT2D eigenvalue weighted by molar-refractivity contribution is -0.269. The van der Waals surface area contributed by atoms with Gasteiger partial charge in [-0.1, -0.05) is 60.8 Å². The van der Waals surface area contributed by atoms with Crippen LogP contribution in [0.25, 0.3) is 0 Å². The number of carbonyl (C=O) groups is 1. The van der Waals surface area contributed by atoms with Crippen molar-refractivity contribution in [1.82, 2.24) is 0 Å². The minimum atomic E-state index is -0.587. The highest BCUT2D eigenvalue weighted by molar-refractivity contribution is 5.78. The van der Waals surface area contributed by atoms with Crippen LogP contribution < -0.4 is 0 Å². The third-order valence-electron chi connectivity index (χ3n) is 14.6. The number of hydrogen-bond acceptors (Lipinski definition) is 1. The molecule has 0 aliphatic heterocycles. The molecule has 0 heterocycles. The summed E-state index contributed by atoms with van der Waals surface area (Å²) in [6.07, 6.45) is 16.1. The number of hydrogen-bond donors (Lipinski definition) is 1. The smallest absolute Gasteiger partial charge is 0.310 e. The molecule has 6 saturated carbocycles. The molecular weight excluding hydrogens is 404 g/mol. The molecule has 0 aromatic rings. The standard InChI is InChI=1S/C31H50O2/c1-27(2)25-22-12-11-19-9-7-8-10-20(19)21(22)13-14-23(25)30(6)24(29(5)17-18-29)15-16-31(30,26(32)33)28(27,3)4/h19-25H,7-18H2,1-6H3,(H,32,33). The summed E-state index contributed by atoms with van der Waals surface area (Å²) in [5.41, 5.74) is -0.406. The van der Waals surface area contributed by atoms with Crippen LogP contribution in [0.3, 0.4) is 0 Å². The maximum absolute atomic E-state index is 13.5. The highest BCUT2D eigenvalue weighted by Gasteiger charge is 2.80. The summed E-state index contributed by atoms with van der Waals surface area (Å²) >= 11 is 0. The van der Waals surface area contributed by atoms with Gasteiger partial charge in [-0.15, -0.1) is 0 Å². The molecule has 33 heavy (non-hydrogen) atoms. The van der Waals surface area contributed by atoms with E-state index in [0.717, 1.165) is 36.5 Å². The molecule has 2 heteroatoms. The molecular formula is C31H50O2. The van der Waals surface area contributed by atoms with Gasteiger partial charge in [0.05, 0.1) is 5.41 Å². The van der Waals surface area contributed by atoms with Crippen molar-refractivity contribution < 1.29 is 9.90 Å². The van der Waals surface area contributed by atoms with Crippen molar-refractivity contribution in [2.75, 3.05) is 0 Å². The van der Waals surface area contributed by atoms with Gasteiger partial charge < -0.3 is 5.11 Å². The Bertz CT molecular complexity index is 836. The maximum atomic E-state index is 13.5. The quantitative estimate of drug-likeness (QED) is 0.456. The highest BCUT2D eigenvalue weighted by atomic mass is 16.4.